The molecule has 12 heavy (non-hydrogen) atoms. The van der Waals surface area contributed by atoms with E-state index in [4.69, 9.17) is 5.21 Å². The highest BCUT2D eigenvalue weighted by atomic mass is 16.4. The van der Waals surface area contributed by atoms with Crippen molar-refractivity contribution in [3.05, 3.63) is 0 Å². The van der Waals surface area contributed by atoms with Crippen molar-refractivity contribution in [2.24, 2.45) is 22.1 Å². The fraction of sp³-hybridized carbons (Fsp3) is 0.750. The van der Waals surface area contributed by atoms with Crippen molar-refractivity contribution in [3.63, 3.8) is 0 Å². The Morgan fingerprint density at radius 3 is 2.83 bits per heavy atom. The van der Waals surface area contributed by atoms with Crippen LogP contribution in [0.3, 0.4) is 0 Å². The van der Waals surface area contributed by atoms with Gasteiger partial charge in [-0.25, -0.2) is 0 Å². The maximum atomic E-state index is 8.43. The second-order valence-corrected chi connectivity index (χ2v) is 3.41. The molecule has 2 unspecified atom stereocenters. The fourth-order valence-corrected chi connectivity index (χ4v) is 1.43. The molecule has 0 aliphatic carbocycles. The molecule has 2 atom stereocenters. The maximum Gasteiger partial charge on any atom is 0.0931 e. The van der Waals surface area contributed by atoms with E-state index >= 15 is 0 Å². The van der Waals surface area contributed by atoms with Gasteiger partial charge in [-0.3, -0.25) is 5.01 Å². The van der Waals surface area contributed by atoms with Crippen LogP contribution in [0.15, 0.2) is 10.3 Å². The number of hydrogen-bond acceptors (Lipinski definition) is 4. The Hall–Kier alpha value is -1.06. The van der Waals surface area contributed by atoms with E-state index in [0.29, 0.717) is 11.8 Å². The lowest BCUT2D eigenvalue weighted by Gasteiger charge is -2.22. The van der Waals surface area contributed by atoms with Gasteiger partial charge in [-0.05, 0) is 5.92 Å². The summed E-state index contributed by atoms with van der Waals surface area (Å²) >= 11 is 0. The summed E-state index contributed by atoms with van der Waals surface area (Å²) in [6, 6.07) is 0.106. The van der Waals surface area contributed by atoms with E-state index in [1.54, 1.807) is 0 Å². The molecule has 4 nitrogen and oxygen atoms in total. The fourth-order valence-electron chi connectivity index (χ4n) is 1.43. The molecule has 0 aromatic carbocycles. The molecule has 1 N–H and O–H groups in total. The van der Waals surface area contributed by atoms with Gasteiger partial charge in [0.1, 0.15) is 0 Å². The molecular weight excluding hydrogens is 154 g/mol. The highest BCUT2D eigenvalue weighted by Gasteiger charge is 2.29. The van der Waals surface area contributed by atoms with E-state index in [2.05, 4.69) is 24.1 Å². The Balaban J connectivity index is 2.69. The average molecular weight is 169 g/mol. The largest absolute Gasteiger partial charge is 0.411 e. The van der Waals surface area contributed by atoms with E-state index in [1.165, 1.54) is 6.21 Å². The highest BCUT2D eigenvalue weighted by molar-refractivity contribution is 5.76. The first-order valence-electron chi connectivity index (χ1n) is 4.11. The predicted octanol–water partition coefficient (Wildman–Crippen LogP) is 1.02. The quantitative estimate of drug-likeness (QED) is 0.381. The molecule has 0 saturated carbocycles. The lowest BCUT2D eigenvalue weighted by Crippen LogP contribution is -2.33. The Labute approximate surface area is 72.6 Å². The van der Waals surface area contributed by atoms with Crippen LogP contribution >= 0.6 is 0 Å². The standard InChI is InChI=1S/C8H15N3O/c1-6(2)7-4-9-11(3)8(7)5-10-12/h4-8,12H,1-3H3/b10-5+. The first-order chi connectivity index (χ1) is 5.66. The molecule has 1 heterocycles. The van der Waals surface area contributed by atoms with Gasteiger partial charge in [-0.2, -0.15) is 5.10 Å². The average Bonchev–Trinajstić information content (AvgIpc) is 2.34. The van der Waals surface area contributed by atoms with E-state index in [9.17, 15) is 0 Å². The molecule has 0 aromatic heterocycles. The summed E-state index contributed by atoms with van der Waals surface area (Å²) < 4.78 is 0. The first kappa shape index (κ1) is 9.03. The Bertz CT molecular complexity index is 200. The van der Waals surface area contributed by atoms with Gasteiger partial charge in [0, 0.05) is 19.2 Å². The Morgan fingerprint density at radius 2 is 2.33 bits per heavy atom. The number of hydrazone groups is 1. The number of hydrogen-bond donors (Lipinski definition) is 1. The van der Waals surface area contributed by atoms with Crippen molar-refractivity contribution < 1.29 is 5.21 Å². The normalized spacial score (nSPS) is 29.5. The zero-order valence-corrected chi connectivity index (χ0v) is 7.68. The van der Waals surface area contributed by atoms with Crippen molar-refractivity contribution in [2.75, 3.05) is 7.05 Å². The van der Waals surface area contributed by atoms with Crippen LogP contribution in [-0.2, 0) is 0 Å². The number of rotatable bonds is 2. The molecule has 0 spiro atoms. The number of oxime groups is 1. The minimum atomic E-state index is 0.106. The van der Waals surface area contributed by atoms with Crippen LogP contribution in [-0.4, -0.2) is 35.7 Å². The topological polar surface area (TPSA) is 48.2 Å². The summed E-state index contributed by atoms with van der Waals surface area (Å²) in [5, 5.41) is 17.4. The molecule has 0 bridgehead atoms. The van der Waals surface area contributed by atoms with E-state index in [0.717, 1.165) is 0 Å². The van der Waals surface area contributed by atoms with Crippen molar-refractivity contribution >= 4 is 12.4 Å². The lowest BCUT2D eigenvalue weighted by atomic mass is 9.91. The summed E-state index contributed by atoms with van der Waals surface area (Å²) in [4.78, 5) is 0. The van der Waals surface area contributed by atoms with E-state index in [-0.39, 0.29) is 6.04 Å². The smallest absolute Gasteiger partial charge is 0.0931 e. The van der Waals surface area contributed by atoms with Crippen LogP contribution < -0.4 is 0 Å². The molecule has 0 aromatic rings. The van der Waals surface area contributed by atoms with E-state index < -0.39 is 0 Å². The van der Waals surface area contributed by atoms with Gasteiger partial charge in [0.2, 0.25) is 0 Å². The molecule has 4 heteroatoms. The molecule has 0 radical (unpaired) electrons. The molecule has 1 aliphatic rings. The van der Waals surface area contributed by atoms with Gasteiger partial charge in [0.05, 0.1) is 12.3 Å². The maximum absolute atomic E-state index is 8.43. The summed E-state index contributed by atoms with van der Waals surface area (Å²) in [7, 11) is 1.88. The van der Waals surface area contributed by atoms with Gasteiger partial charge < -0.3 is 5.21 Å². The van der Waals surface area contributed by atoms with Gasteiger partial charge in [-0.1, -0.05) is 19.0 Å². The Morgan fingerprint density at radius 1 is 1.67 bits per heavy atom. The van der Waals surface area contributed by atoms with Crippen LogP contribution in [0.25, 0.3) is 0 Å². The van der Waals surface area contributed by atoms with Gasteiger partial charge in [0.25, 0.3) is 0 Å². The second-order valence-electron chi connectivity index (χ2n) is 3.41. The molecule has 68 valence electrons. The summed E-state index contributed by atoms with van der Waals surface area (Å²) in [6.07, 6.45) is 3.44. The first-order valence-corrected chi connectivity index (χ1v) is 4.11. The van der Waals surface area contributed by atoms with Gasteiger partial charge >= 0.3 is 0 Å². The van der Waals surface area contributed by atoms with Crippen LogP contribution in [0.2, 0.25) is 0 Å². The molecule has 0 amide bonds. The minimum Gasteiger partial charge on any atom is -0.411 e. The van der Waals surface area contributed by atoms with Gasteiger partial charge in [-0.15, -0.1) is 0 Å². The van der Waals surface area contributed by atoms with Crippen LogP contribution in [0.4, 0.5) is 0 Å². The summed E-state index contributed by atoms with van der Waals surface area (Å²) in [5.41, 5.74) is 0. The van der Waals surface area contributed by atoms with Crippen LogP contribution in [0.1, 0.15) is 13.8 Å². The summed E-state index contributed by atoms with van der Waals surface area (Å²) in [5.74, 6) is 0.868. The predicted molar refractivity (Wildman–Crippen MR) is 48.6 cm³/mol. The molecule has 0 fully saturated rings. The molecule has 0 saturated heterocycles. The lowest BCUT2D eigenvalue weighted by molar-refractivity contribution is 0.269. The van der Waals surface area contributed by atoms with Crippen molar-refractivity contribution in [1.29, 1.82) is 0 Å². The third kappa shape index (κ3) is 1.57. The second kappa shape index (κ2) is 3.56. The minimum absolute atomic E-state index is 0.106. The van der Waals surface area contributed by atoms with Crippen molar-refractivity contribution in [1.82, 2.24) is 5.01 Å². The zero-order valence-electron chi connectivity index (χ0n) is 7.68. The monoisotopic (exact) mass is 169 g/mol. The zero-order chi connectivity index (χ0) is 9.14. The van der Waals surface area contributed by atoms with Crippen LogP contribution in [0, 0.1) is 11.8 Å². The Kier molecular flexibility index (Phi) is 2.68. The molecule has 1 rings (SSSR count). The summed E-state index contributed by atoms with van der Waals surface area (Å²) in [6.45, 7) is 4.27. The van der Waals surface area contributed by atoms with Crippen molar-refractivity contribution in [3.8, 4) is 0 Å². The third-order valence-electron chi connectivity index (χ3n) is 2.24. The van der Waals surface area contributed by atoms with Crippen LogP contribution in [0.5, 0.6) is 0 Å². The van der Waals surface area contributed by atoms with Crippen molar-refractivity contribution in [2.45, 2.75) is 19.9 Å². The number of nitrogens with zero attached hydrogens (tertiary/aromatic N) is 3. The molecule has 1 aliphatic heterocycles. The van der Waals surface area contributed by atoms with Gasteiger partial charge in [0.15, 0.2) is 0 Å². The third-order valence-corrected chi connectivity index (χ3v) is 2.24. The van der Waals surface area contributed by atoms with E-state index in [1.807, 2.05) is 18.3 Å². The SMILES string of the molecule is CC(C)C1C=NN(C)C1/C=N/O. The molecular formula is C8H15N3O. The highest BCUT2D eigenvalue weighted by Crippen LogP contribution is 2.21.